The fourth-order valence-corrected chi connectivity index (χ4v) is 2.88. The number of rotatable bonds is 5. The van der Waals surface area contributed by atoms with E-state index in [9.17, 15) is 15.0 Å². The number of nitrogens with one attached hydrogen (secondary N) is 1. The topological polar surface area (TPSA) is 69.6 Å². The average Bonchev–Trinajstić information content (AvgIpc) is 2.95. The molecule has 0 fully saturated rings. The Kier molecular flexibility index (Phi) is 4.88. The number of aliphatic hydroxyl groups is 1. The molecule has 1 heterocycles. The standard InChI is InChI=1S/C15H16ClNO3S/c1-15(20,11-4-5-21-8-11)9-17-14(19)6-10-2-3-12(18)7-13(10)16/h2-5,7-8,18,20H,6,9H2,1H3,(H,17,19). The molecule has 0 aliphatic carbocycles. The van der Waals surface area contributed by atoms with Gasteiger partial charge in [0.2, 0.25) is 5.91 Å². The lowest BCUT2D eigenvalue weighted by Gasteiger charge is -2.22. The van der Waals surface area contributed by atoms with Crippen LogP contribution in [-0.4, -0.2) is 22.7 Å². The van der Waals surface area contributed by atoms with Crippen LogP contribution in [0.4, 0.5) is 0 Å². The third-order valence-corrected chi connectivity index (χ3v) is 4.20. The van der Waals surface area contributed by atoms with Gasteiger partial charge in [-0.3, -0.25) is 4.79 Å². The van der Waals surface area contributed by atoms with E-state index in [2.05, 4.69) is 5.32 Å². The van der Waals surface area contributed by atoms with Crippen molar-refractivity contribution < 1.29 is 15.0 Å². The summed E-state index contributed by atoms with van der Waals surface area (Å²) in [6.45, 7) is 1.78. The first-order chi connectivity index (χ1) is 9.88. The lowest BCUT2D eigenvalue weighted by atomic mass is 9.99. The minimum absolute atomic E-state index is 0.0598. The number of halogens is 1. The van der Waals surface area contributed by atoms with Gasteiger partial charge in [0.05, 0.1) is 13.0 Å². The second-order valence-electron chi connectivity index (χ2n) is 5.02. The van der Waals surface area contributed by atoms with Gasteiger partial charge in [-0.25, -0.2) is 0 Å². The first kappa shape index (κ1) is 15.8. The number of carbonyl (C=O) groups is 1. The molecule has 3 N–H and O–H groups in total. The number of benzene rings is 1. The Balaban J connectivity index is 1.93. The van der Waals surface area contributed by atoms with Gasteiger partial charge in [0.1, 0.15) is 11.4 Å². The maximum atomic E-state index is 11.9. The van der Waals surface area contributed by atoms with Gasteiger partial charge in [-0.15, -0.1) is 0 Å². The molecule has 1 unspecified atom stereocenters. The van der Waals surface area contributed by atoms with E-state index in [0.29, 0.717) is 10.6 Å². The normalized spacial score (nSPS) is 13.7. The third kappa shape index (κ3) is 4.20. The first-order valence-electron chi connectivity index (χ1n) is 6.37. The van der Waals surface area contributed by atoms with Gasteiger partial charge >= 0.3 is 0 Å². The molecule has 1 aromatic heterocycles. The quantitative estimate of drug-likeness (QED) is 0.791. The van der Waals surface area contributed by atoms with Crippen LogP contribution in [0.15, 0.2) is 35.0 Å². The smallest absolute Gasteiger partial charge is 0.224 e. The number of amides is 1. The Hall–Kier alpha value is -1.56. The number of phenolic OH excluding ortho intramolecular Hbond substituents is 1. The van der Waals surface area contributed by atoms with Gasteiger partial charge in [-0.05, 0) is 47.0 Å². The molecule has 4 nitrogen and oxygen atoms in total. The second-order valence-corrected chi connectivity index (χ2v) is 6.20. The highest BCUT2D eigenvalue weighted by atomic mass is 35.5. The van der Waals surface area contributed by atoms with E-state index in [1.807, 2.05) is 16.8 Å². The zero-order chi connectivity index (χ0) is 15.5. The van der Waals surface area contributed by atoms with Gasteiger partial charge in [-0.1, -0.05) is 17.7 Å². The zero-order valence-electron chi connectivity index (χ0n) is 11.5. The maximum absolute atomic E-state index is 11.9. The summed E-state index contributed by atoms with van der Waals surface area (Å²) < 4.78 is 0. The zero-order valence-corrected chi connectivity index (χ0v) is 13.0. The molecule has 112 valence electrons. The minimum atomic E-state index is -1.10. The summed E-state index contributed by atoms with van der Waals surface area (Å²) in [7, 11) is 0. The van der Waals surface area contributed by atoms with Crippen LogP contribution < -0.4 is 5.32 Å². The van der Waals surface area contributed by atoms with Crippen molar-refractivity contribution >= 4 is 28.8 Å². The van der Waals surface area contributed by atoms with Crippen LogP contribution in [0, 0.1) is 0 Å². The van der Waals surface area contributed by atoms with Crippen LogP contribution in [0.3, 0.4) is 0 Å². The fourth-order valence-electron chi connectivity index (χ4n) is 1.86. The van der Waals surface area contributed by atoms with E-state index in [1.165, 1.54) is 23.5 Å². The van der Waals surface area contributed by atoms with Crippen LogP contribution >= 0.6 is 22.9 Å². The molecule has 1 amide bonds. The third-order valence-electron chi connectivity index (χ3n) is 3.16. The van der Waals surface area contributed by atoms with E-state index >= 15 is 0 Å². The SMILES string of the molecule is CC(O)(CNC(=O)Cc1ccc(O)cc1Cl)c1ccsc1. The van der Waals surface area contributed by atoms with Crippen molar-refractivity contribution in [3.63, 3.8) is 0 Å². The molecule has 0 radical (unpaired) electrons. The van der Waals surface area contributed by atoms with E-state index in [0.717, 1.165) is 5.56 Å². The van der Waals surface area contributed by atoms with Crippen molar-refractivity contribution in [2.24, 2.45) is 0 Å². The summed E-state index contributed by atoms with van der Waals surface area (Å²) in [5.74, 6) is -0.178. The molecular weight excluding hydrogens is 310 g/mol. The van der Waals surface area contributed by atoms with Gasteiger partial charge in [0, 0.05) is 5.02 Å². The molecule has 1 atom stereocenters. The number of phenols is 1. The van der Waals surface area contributed by atoms with Gasteiger partial charge in [-0.2, -0.15) is 11.3 Å². The highest BCUT2D eigenvalue weighted by molar-refractivity contribution is 7.08. The minimum Gasteiger partial charge on any atom is -0.508 e. The lowest BCUT2D eigenvalue weighted by molar-refractivity contribution is -0.121. The van der Waals surface area contributed by atoms with Crippen molar-refractivity contribution in [1.82, 2.24) is 5.32 Å². The van der Waals surface area contributed by atoms with Gasteiger partial charge in [0.15, 0.2) is 0 Å². The largest absolute Gasteiger partial charge is 0.508 e. The first-order valence-corrected chi connectivity index (χ1v) is 7.70. The highest BCUT2D eigenvalue weighted by Gasteiger charge is 2.24. The molecule has 21 heavy (non-hydrogen) atoms. The van der Waals surface area contributed by atoms with Crippen LogP contribution in [0.25, 0.3) is 0 Å². The summed E-state index contributed by atoms with van der Waals surface area (Å²) >= 11 is 7.45. The lowest BCUT2D eigenvalue weighted by Crippen LogP contribution is -2.39. The molecule has 0 aliphatic rings. The molecule has 0 bridgehead atoms. The van der Waals surface area contributed by atoms with Crippen LogP contribution in [-0.2, 0) is 16.8 Å². The monoisotopic (exact) mass is 325 g/mol. The predicted molar refractivity (Wildman–Crippen MR) is 83.7 cm³/mol. The molecule has 2 rings (SSSR count). The summed E-state index contributed by atoms with van der Waals surface area (Å²) in [6, 6.07) is 6.31. The Morgan fingerprint density at radius 3 is 2.81 bits per heavy atom. The van der Waals surface area contributed by atoms with Crippen molar-refractivity contribution in [3.05, 3.63) is 51.2 Å². The van der Waals surface area contributed by atoms with E-state index in [4.69, 9.17) is 11.6 Å². The van der Waals surface area contributed by atoms with Crippen molar-refractivity contribution in [2.75, 3.05) is 6.54 Å². The second kappa shape index (κ2) is 6.47. The number of aromatic hydroxyl groups is 1. The summed E-state index contributed by atoms with van der Waals surface area (Å²) in [5, 5.41) is 26.3. The molecule has 2 aromatic rings. The number of thiophene rings is 1. The van der Waals surface area contributed by atoms with Crippen molar-refractivity contribution in [3.8, 4) is 5.75 Å². The predicted octanol–water partition coefficient (Wildman–Crippen LogP) is 2.67. The maximum Gasteiger partial charge on any atom is 0.224 e. The van der Waals surface area contributed by atoms with Crippen molar-refractivity contribution in [1.29, 1.82) is 0 Å². The Morgan fingerprint density at radius 1 is 1.43 bits per heavy atom. The van der Waals surface area contributed by atoms with Gasteiger partial charge in [0.25, 0.3) is 0 Å². The fraction of sp³-hybridized carbons (Fsp3) is 0.267. The van der Waals surface area contributed by atoms with E-state index in [1.54, 1.807) is 13.0 Å². The van der Waals surface area contributed by atoms with Crippen molar-refractivity contribution in [2.45, 2.75) is 18.9 Å². The van der Waals surface area contributed by atoms with Crippen LogP contribution in [0.1, 0.15) is 18.1 Å². The molecule has 0 spiro atoms. The Labute approximate surface area is 132 Å². The molecule has 0 saturated carbocycles. The summed E-state index contributed by atoms with van der Waals surface area (Å²) in [6.07, 6.45) is 0.0961. The molecule has 0 aliphatic heterocycles. The van der Waals surface area contributed by atoms with E-state index < -0.39 is 5.60 Å². The summed E-state index contributed by atoms with van der Waals surface area (Å²) in [5.41, 5.74) is 0.298. The molecule has 1 aromatic carbocycles. The number of hydrogen-bond acceptors (Lipinski definition) is 4. The molecular formula is C15H16ClNO3S. The van der Waals surface area contributed by atoms with Gasteiger partial charge < -0.3 is 15.5 Å². The van der Waals surface area contributed by atoms with E-state index in [-0.39, 0.29) is 24.6 Å². The number of hydrogen-bond donors (Lipinski definition) is 3. The molecule has 0 saturated heterocycles. The summed E-state index contributed by atoms with van der Waals surface area (Å²) in [4.78, 5) is 11.9. The molecule has 6 heteroatoms. The number of carbonyl (C=O) groups excluding carboxylic acids is 1. The van der Waals surface area contributed by atoms with Crippen LogP contribution in [0.2, 0.25) is 5.02 Å². The highest BCUT2D eigenvalue weighted by Crippen LogP contribution is 2.23. The van der Waals surface area contributed by atoms with Crippen LogP contribution in [0.5, 0.6) is 5.75 Å². The average molecular weight is 326 g/mol. The Bertz CT molecular complexity index is 626. The Morgan fingerprint density at radius 2 is 2.19 bits per heavy atom.